The lowest BCUT2D eigenvalue weighted by atomic mass is 10.1. The second-order valence-electron chi connectivity index (χ2n) is 4.27. The SMILES string of the molecule is CCCC(CC)NC(=O)c1cccc(CN)c1. The van der Waals surface area contributed by atoms with E-state index >= 15 is 0 Å². The van der Waals surface area contributed by atoms with Crippen LogP contribution in [0.25, 0.3) is 0 Å². The molecule has 0 aromatic heterocycles. The Morgan fingerprint density at radius 1 is 1.41 bits per heavy atom. The van der Waals surface area contributed by atoms with Gasteiger partial charge in [0.15, 0.2) is 0 Å². The number of rotatable bonds is 6. The number of hydrogen-bond acceptors (Lipinski definition) is 2. The summed E-state index contributed by atoms with van der Waals surface area (Å²) in [6.07, 6.45) is 3.08. The Bertz CT molecular complexity index is 363. The summed E-state index contributed by atoms with van der Waals surface area (Å²) in [5.74, 6) is 0.000556. The van der Waals surface area contributed by atoms with Gasteiger partial charge in [-0.2, -0.15) is 0 Å². The van der Waals surface area contributed by atoms with Crippen LogP contribution in [0.3, 0.4) is 0 Å². The zero-order valence-corrected chi connectivity index (χ0v) is 10.7. The molecule has 1 atom stereocenters. The van der Waals surface area contributed by atoms with Crippen molar-refractivity contribution in [2.24, 2.45) is 5.73 Å². The van der Waals surface area contributed by atoms with E-state index in [9.17, 15) is 4.79 Å². The van der Waals surface area contributed by atoms with Crippen LogP contribution in [0.5, 0.6) is 0 Å². The van der Waals surface area contributed by atoms with Crippen LogP contribution in [0.4, 0.5) is 0 Å². The maximum Gasteiger partial charge on any atom is 0.251 e. The number of amides is 1. The number of nitrogens with two attached hydrogens (primary N) is 1. The number of benzene rings is 1. The molecule has 1 amide bonds. The zero-order chi connectivity index (χ0) is 12.7. The predicted octanol–water partition coefficient (Wildman–Crippen LogP) is 2.45. The molecule has 0 aliphatic rings. The fourth-order valence-electron chi connectivity index (χ4n) is 1.84. The van der Waals surface area contributed by atoms with Crippen molar-refractivity contribution in [1.82, 2.24) is 5.32 Å². The summed E-state index contributed by atoms with van der Waals surface area (Å²) in [6.45, 7) is 4.69. The minimum Gasteiger partial charge on any atom is -0.349 e. The second kappa shape index (κ2) is 7.07. The molecule has 0 heterocycles. The first-order valence-electron chi connectivity index (χ1n) is 6.31. The van der Waals surface area contributed by atoms with Crippen LogP contribution in [0.2, 0.25) is 0 Å². The first-order chi connectivity index (χ1) is 8.21. The molecule has 0 fully saturated rings. The standard InChI is InChI=1S/C14H22N2O/c1-3-6-13(4-2)16-14(17)12-8-5-7-11(9-12)10-15/h5,7-9,13H,3-4,6,10,15H2,1-2H3,(H,16,17). The van der Waals surface area contributed by atoms with Gasteiger partial charge < -0.3 is 11.1 Å². The third kappa shape index (κ3) is 4.19. The van der Waals surface area contributed by atoms with Gasteiger partial charge in [-0.05, 0) is 30.5 Å². The van der Waals surface area contributed by atoms with Crippen molar-refractivity contribution in [2.45, 2.75) is 45.7 Å². The Kier molecular flexibility index (Phi) is 5.70. The van der Waals surface area contributed by atoms with Gasteiger partial charge in [-0.15, -0.1) is 0 Å². The van der Waals surface area contributed by atoms with Crippen LogP contribution >= 0.6 is 0 Å². The van der Waals surface area contributed by atoms with E-state index in [0.29, 0.717) is 12.1 Å². The van der Waals surface area contributed by atoms with Gasteiger partial charge in [0, 0.05) is 18.2 Å². The molecule has 0 saturated heterocycles. The van der Waals surface area contributed by atoms with Crippen molar-refractivity contribution in [3.8, 4) is 0 Å². The Morgan fingerprint density at radius 3 is 2.76 bits per heavy atom. The van der Waals surface area contributed by atoms with Crippen molar-refractivity contribution in [2.75, 3.05) is 0 Å². The van der Waals surface area contributed by atoms with E-state index in [-0.39, 0.29) is 11.9 Å². The Labute approximate surface area is 103 Å². The maximum atomic E-state index is 12.0. The van der Waals surface area contributed by atoms with Gasteiger partial charge >= 0.3 is 0 Å². The van der Waals surface area contributed by atoms with Gasteiger partial charge in [0.05, 0.1) is 0 Å². The number of carbonyl (C=O) groups excluding carboxylic acids is 1. The van der Waals surface area contributed by atoms with E-state index < -0.39 is 0 Å². The normalized spacial score (nSPS) is 12.2. The van der Waals surface area contributed by atoms with E-state index in [1.54, 1.807) is 0 Å². The summed E-state index contributed by atoms with van der Waals surface area (Å²) < 4.78 is 0. The van der Waals surface area contributed by atoms with Gasteiger partial charge in [0.2, 0.25) is 0 Å². The fourth-order valence-corrected chi connectivity index (χ4v) is 1.84. The van der Waals surface area contributed by atoms with Gasteiger partial charge in [-0.25, -0.2) is 0 Å². The Hall–Kier alpha value is -1.35. The smallest absolute Gasteiger partial charge is 0.251 e. The third-order valence-corrected chi connectivity index (χ3v) is 2.89. The molecule has 1 unspecified atom stereocenters. The molecule has 1 rings (SSSR count). The quantitative estimate of drug-likeness (QED) is 0.794. The zero-order valence-electron chi connectivity index (χ0n) is 10.7. The molecule has 1 aromatic carbocycles. The number of carbonyl (C=O) groups is 1. The summed E-state index contributed by atoms with van der Waals surface area (Å²) in [7, 11) is 0. The minimum absolute atomic E-state index is 0.000556. The molecule has 17 heavy (non-hydrogen) atoms. The Balaban J connectivity index is 2.68. The van der Waals surface area contributed by atoms with Gasteiger partial charge in [-0.1, -0.05) is 32.4 Å². The molecule has 0 spiro atoms. The highest BCUT2D eigenvalue weighted by Crippen LogP contribution is 2.07. The molecule has 1 aromatic rings. The average Bonchev–Trinajstić information content (AvgIpc) is 2.38. The van der Waals surface area contributed by atoms with Crippen molar-refractivity contribution >= 4 is 5.91 Å². The molecule has 0 bridgehead atoms. The van der Waals surface area contributed by atoms with E-state index in [2.05, 4.69) is 19.2 Å². The van der Waals surface area contributed by atoms with Crippen LogP contribution in [-0.2, 0) is 6.54 Å². The topological polar surface area (TPSA) is 55.1 Å². The third-order valence-electron chi connectivity index (χ3n) is 2.89. The second-order valence-corrected chi connectivity index (χ2v) is 4.27. The summed E-state index contributed by atoms with van der Waals surface area (Å²) in [5, 5.41) is 3.06. The van der Waals surface area contributed by atoms with Crippen LogP contribution < -0.4 is 11.1 Å². The van der Waals surface area contributed by atoms with Crippen molar-refractivity contribution in [3.63, 3.8) is 0 Å². The summed E-state index contributed by atoms with van der Waals surface area (Å²) >= 11 is 0. The highest BCUT2D eigenvalue weighted by atomic mass is 16.1. The molecule has 0 aliphatic heterocycles. The van der Waals surface area contributed by atoms with Crippen molar-refractivity contribution in [1.29, 1.82) is 0 Å². The monoisotopic (exact) mass is 234 g/mol. The van der Waals surface area contributed by atoms with Crippen LogP contribution in [0, 0.1) is 0 Å². The van der Waals surface area contributed by atoms with Crippen LogP contribution in [0.15, 0.2) is 24.3 Å². The van der Waals surface area contributed by atoms with Gasteiger partial charge in [-0.3, -0.25) is 4.79 Å². The average molecular weight is 234 g/mol. The van der Waals surface area contributed by atoms with Crippen LogP contribution in [-0.4, -0.2) is 11.9 Å². The fraction of sp³-hybridized carbons (Fsp3) is 0.500. The van der Waals surface area contributed by atoms with E-state index in [0.717, 1.165) is 24.8 Å². The van der Waals surface area contributed by atoms with E-state index in [1.165, 1.54) is 0 Å². The minimum atomic E-state index is 0.000556. The first kappa shape index (κ1) is 13.7. The lowest BCUT2D eigenvalue weighted by Crippen LogP contribution is -2.34. The van der Waals surface area contributed by atoms with E-state index in [1.807, 2.05) is 24.3 Å². The van der Waals surface area contributed by atoms with Gasteiger partial charge in [0.1, 0.15) is 0 Å². The lowest BCUT2D eigenvalue weighted by Gasteiger charge is -2.16. The molecule has 0 radical (unpaired) electrons. The molecular formula is C14H22N2O. The van der Waals surface area contributed by atoms with E-state index in [4.69, 9.17) is 5.73 Å². The largest absolute Gasteiger partial charge is 0.349 e. The Morgan fingerprint density at radius 2 is 2.18 bits per heavy atom. The highest BCUT2D eigenvalue weighted by Gasteiger charge is 2.11. The molecule has 94 valence electrons. The first-order valence-corrected chi connectivity index (χ1v) is 6.31. The van der Waals surface area contributed by atoms with Gasteiger partial charge in [0.25, 0.3) is 5.91 Å². The number of hydrogen-bond donors (Lipinski definition) is 2. The summed E-state index contributed by atoms with van der Waals surface area (Å²) in [6, 6.07) is 7.76. The molecule has 0 aliphatic carbocycles. The summed E-state index contributed by atoms with van der Waals surface area (Å²) in [5.41, 5.74) is 7.25. The van der Waals surface area contributed by atoms with Crippen molar-refractivity contribution < 1.29 is 4.79 Å². The molecule has 3 N–H and O–H groups in total. The maximum absolute atomic E-state index is 12.0. The van der Waals surface area contributed by atoms with Crippen molar-refractivity contribution in [3.05, 3.63) is 35.4 Å². The summed E-state index contributed by atoms with van der Waals surface area (Å²) in [4.78, 5) is 12.0. The predicted molar refractivity (Wildman–Crippen MR) is 70.8 cm³/mol. The van der Waals surface area contributed by atoms with Crippen LogP contribution in [0.1, 0.15) is 49.0 Å². The lowest BCUT2D eigenvalue weighted by molar-refractivity contribution is 0.0933. The highest BCUT2D eigenvalue weighted by molar-refractivity contribution is 5.94. The molecule has 3 nitrogen and oxygen atoms in total. The number of nitrogens with one attached hydrogen (secondary N) is 1. The molecule has 0 saturated carbocycles. The molecule has 3 heteroatoms. The molecular weight excluding hydrogens is 212 g/mol.